The Morgan fingerprint density at radius 2 is 1.94 bits per heavy atom. The Morgan fingerprint density at radius 1 is 1.31 bits per heavy atom. The van der Waals surface area contributed by atoms with Crippen molar-refractivity contribution in [2.24, 2.45) is 5.73 Å². The molecule has 0 radical (unpaired) electrons. The van der Waals surface area contributed by atoms with E-state index in [1.54, 1.807) is 0 Å². The first-order valence-electron chi connectivity index (χ1n) is 4.12. The summed E-state index contributed by atoms with van der Waals surface area (Å²) in [5, 5.41) is 0. The monoisotopic (exact) mass is 272 g/mol. The molecule has 0 fully saturated rings. The summed E-state index contributed by atoms with van der Waals surface area (Å²) in [7, 11) is -3.94. The van der Waals surface area contributed by atoms with Crippen molar-refractivity contribution in [3.63, 3.8) is 0 Å². The van der Waals surface area contributed by atoms with Crippen LogP contribution in [0.4, 0.5) is 8.78 Å². The summed E-state index contributed by atoms with van der Waals surface area (Å²) in [4.78, 5) is -0.586. The molecule has 0 aliphatic rings. The second-order valence-electron chi connectivity index (χ2n) is 2.76. The maximum atomic E-state index is 13.1. The van der Waals surface area contributed by atoms with Crippen LogP contribution in [0.5, 0.6) is 0 Å². The summed E-state index contributed by atoms with van der Waals surface area (Å²) in [5.74, 6) is -1.95. The largest absolute Gasteiger partial charge is 0.329 e. The molecular formula is C8H11ClF2N2O2S. The molecule has 0 saturated heterocycles. The predicted molar refractivity (Wildman–Crippen MR) is 57.8 cm³/mol. The summed E-state index contributed by atoms with van der Waals surface area (Å²) in [6.07, 6.45) is 0. The maximum Gasteiger partial charge on any atom is 0.243 e. The van der Waals surface area contributed by atoms with Gasteiger partial charge in [0.25, 0.3) is 0 Å². The van der Waals surface area contributed by atoms with Gasteiger partial charge in [-0.25, -0.2) is 21.9 Å². The van der Waals surface area contributed by atoms with Gasteiger partial charge in [-0.2, -0.15) is 0 Å². The fourth-order valence-corrected chi connectivity index (χ4v) is 2.07. The maximum absolute atomic E-state index is 13.1. The Balaban J connectivity index is 0.00000225. The van der Waals surface area contributed by atoms with Crippen LogP contribution in [-0.2, 0) is 10.0 Å². The zero-order valence-electron chi connectivity index (χ0n) is 8.11. The van der Waals surface area contributed by atoms with Crippen molar-refractivity contribution in [1.82, 2.24) is 4.72 Å². The van der Waals surface area contributed by atoms with Crippen LogP contribution in [0.2, 0.25) is 0 Å². The van der Waals surface area contributed by atoms with Gasteiger partial charge in [0.1, 0.15) is 16.5 Å². The number of hydrogen-bond donors (Lipinski definition) is 2. The molecule has 0 bridgehead atoms. The fraction of sp³-hybridized carbons (Fsp3) is 0.250. The molecule has 0 saturated carbocycles. The van der Waals surface area contributed by atoms with Gasteiger partial charge in [0.05, 0.1) is 0 Å². The van der Waals surface area contributed by atoms with Crippen molar-refractivity contribution in [2.75, 3.05) is 13.1 Å². The van der Waals surface area contributed by atoms with E-state index < -0.39 is 26.6 Å². The van der Waals surface area contributed by atoms with Crippen LogP contribution in [0.25, 0.3) is 0 Å². The molecule has 0 aliphatic heterocycles. The first kappa shape index (κ1) is 15.2. The molecule has 8 heteroatoms. The van der Waals surface area contributed by atoms with Crippen molar-refractivity contribution in [1.29, 1.82) is 0 Å². The highest BCUT2D eigenvalue weighted by Crippen LogP contribution is 2.14. The minimum atomic E-state index is -3.94. The Kier molecular flexibility index (Phi) is 5.80. The predicted octanol–water partition coefficient (Wildman–Crippen LogP) is 0.624. The van der Waals surface area contributed by atoms with Gasteiger partial charge in [0, 0.05) is 19.2 Å². The van der Waals surface area contributed by atoms with E-state index in [0.29, 0.717) is 6.07 Å². The number of benzene rings is 1. The highest BCUT2D eigenvalue weighted by molar-refractivity contribution is 7.89. The van der Waals surface area contributed by atoms with Crippen LogP contribution < -0.4 is 10.5 Å². The second kappa shape index (κ2) is 6.09. The third-order valence-corrected chi connectivity index (χ3v) is 3.11. The summed E-state index contributed by atoms with van der Waals surface area (Å²) in [6, 6.07) is 2.25. The number of nitrogens with one attached hydrogen (secondary N) is 1. The Bertz CT molecular complexity index is 453. The van der Waals surface area contributed by atoms with Crippen LogP contribution >= 0.6 is 12.4 Å². The van der Waals surface area contributed by atoms with E-state index in [1.807, 2.05) is 0 Å². The highest BCUT2D eigenvalue weighted by atomic mass is 35.5. The molecule has 0 spiro atoms. The van der Waals surface area contributed by atoms with Gasteiger partial charge in [0.2, 0.25) is 10.0 Å². The van der Waals surface area contributed by atoms with Crippen LogP contribution in [0.1, 0.15) is 0 Å². The summed E-state index contributed by atoms with van der Waals surface area (Å²) >= 11 is 0. The van der Waals surface area contributed by atoms with Gasteiger partial charge in [-0.1, -0.05) is 0 Å². The van der Waals surface area contributed by atoms with Crippen molar-refractivity contribution in [3.05, 3.63) is 29.8 Å². The Morgan fingerprint density at radius 3 is 2.44 bits per heavy atom. The van der Waals surface area contributed by atoms with Gasteiger partial charge in [-0.3, -0.25) is 0 Å². The standard InChI is InChI=1S/C8H10F2N2O2S.ClH/c9-6-1-2-8(7(10)5-6)15(13,14)12-4-3-11;/h1-2,5,12H,3-4,11H2;1H. The topological polar surface area (TPSA) is 72.2 Å². The molecule has 1 rings (SSSR count). The number of sulfonamides is 1. The van der Waals surface area contributed by atoms with Crippen LogP contribution in [0.15, 0.2) is 23.1 Å². The van der Waals surface area contributed by atoms with E-state index in [2.05, 4.69) is 4.72 Å². The van der Waals surface area contributed by atoms with E-state index in [-0.39, 0.29) is 25.5 Å². The third kappa shape index (κ3) is 3.67. The van der Waals surface area contributed by atoms with E-state index in [4.69, 9.17) is 5.73 Å². The lowest BCUT2D eigenvalue weighted by molar-refractivity contribution is 0.543. The van der Waals surface area contributed by atoms with Crippen molar-refractivity contribution >= 4 is 22.4 Å². The van der Waals surface area contributed by atoms with Gasteiger partial charge < -0.3 is 5.73 Å². The van der Waals surface area contributed by atoms with Gasteiger partial charge in [0.15, 0.2) is 0 Å². The Labute approximate surface area is 98.3 Å². The summed E-state index contributed by atoms with van der Waals surface area (Å²) in [5.41, 5.74) is 5.10. The Hall–Kier alpha value is -0.760. The third-order valence-electron chi connectivity index (χ3n) is 1.62. The van der Waals surface area contributed by atoms with Gasteiger partial charge >= 0.3 is 0 Å². The average molecular weight is 273 g/mol. The first-order chi connectivity index (χ1) is 6.97. The van der Waals surface area contributed by atoms with Gasteiger partial charge in [-0.05, 0) is 12.1 Å². The minimum absolute atomic E-state index is 0. The molecule has 3 N–H and O–H groups in total. The molecule has 1 aromatic rings. The molecule has 1 aromatic carbocycles. The molecule has 0 atom stereocenters. The molecule has 0 unspecified atom stereocenters. The SMILES string of the molecule is Cl.NCCNS(=O)(=O)c1ccc(F)cc1F. The highest BCUT2D eigenvalue weighted by Gasteiger charge is 2.18. The van der Waals surface area contributed by atoms with Crippen molar-refractivity contribution < 1.29 is 17.2 Å². The minimum Gasteiger partial charge on any atom is -0.329 e. The normalized spacial score (nSPS) is 10.9. The van der Waals surface area contributed by atoms with Crippen molar-refractivity contribution in [2.45, 2.75) is 4.90 Å². The lowest BCUT2D eigenvalue weighted by Gasteiger charge is -2.06. The fourth-order valence-electron chi connectivity index (χ4n) is 0.964. The number of halogens is 3. The molecule has 0 aromatic heterocycles. The van der Waals surface area contributed by atoms with Crippen LogP contribution in [0, 0.1) is 11.6 Å². The molecule has 92 valence electrons. The second-order valence-corrected chi connectivity index (χ2v) is 4.50. The summed E-state index contributed by atoms with van der Waals surface area (Å²) in [6.45, 7) is 0.0984. The van der Waals surface area contributed by atoms with E-state index >= 15 is 0 Å². The van der Waals surface area contributed by atoms with Gasteiger partial charge in [-0.15, -0.1) is 12.4 Å². The molecular weight excluding hydrogens is 262 g/mol. The van der Waals surface area contributed by atoms with E-state index in [9.17, 15) is 17.2 Å². The first-order valence-corrected chi connectivity index (χ1v) is 5.60. The average Bonchev–Trinajstić information content (AvgIpc) is 2.14. The van der Waals surface area contributed by atoms with E-state index in [1.165, 1.54) is 0 Å². The lowest BCUT2D eigenvalue weighted by Crippen LogP contribution is -2.29. The number of rotatable bonds is 4. The zero-order chi connectivity index (χ0) is 11.5. The van der Waals surface area contributed by atoms with Crippen LogP contribution in [0.3, 0.4) is 0 Å². The molecule has 16 heavy (non-hydrogen) atoms. The summed E-state index contributed by atoms with van der Waals surface area (Å²) < 4.78 is 50.5. The number of nitrogens with two attached hydrogens (primary N) is 1. The quantitative estimate of drug-likeness (QED) is 0.844. The van der Waals surface area contributed by atoms with Crippen molar-refractivity contribution in [3.8, 4) is 0 Å². The molecule has 4 nitrogen and oxygen atoms in total. The van der Waals surface area contributed by atoms with Crippen LogP contribution in [-0.4, -0.2) is 21.5 Å². The molecule has 0 amide bonds. The number of hydrogen-bond acceptors (Lipinski definition) is 3. The molecule has 0 aliphatic carbocycles. The van der Waals surface area contributed by atoms with E-state index in [0.717, 1.165) is 12.1 Å². The lowest BCUT2D eigenvalue weighted by atomic mass is 10.3. The molecule has 0 heterocycles. The zero-order valence-corrected chi connectivity index (χ0v) is 9.75. The smallest absolute Gasteiger partial charge is 0.243 e.